The lowest BCUT2D eigenvalue weighted by Crippen LogP contribution is -2.41. The molecule has 0 amide bonds. The van der Waals surface area contributed by atoms with Crippen LogP contribution in [0.3, 0.4) is 0 Å². The molecule has 2 aliphatic rings. The van der Waals surface area contributed by atoms with Gasteiger partial charge in [0, 0.05) is 11.6 Å². The van der Waals surface area contributed by atoms with Gasteiger partial charge in [0.1, 0.15) is 18.0 Å². The topological polar surface area (TPSA) is 81.4 Å². The number of furan rings is 1. The fourth-order valence-corrected chi connectivity index (χ4v) is 3.45. The molecule has 2 fully saturated rings. The van der Waals surface area contributed by atoms with Crippen LogP contribution in [0.1, 0.15) is 32.2 Å². The van der Waals surface area contributed by atoms with Gasteiger partial charge in [-0.05, 0) is 18.2 Å². The molecule has 2 N–H and O–H groups in total. The summed E-state index contributed by atoms with van der Waals surface area (Å²) in [6.45, 7) is 8.30. The highest BCUT2D eigenvalue weighted by Gasteiger charge is 2.47. The van der Waals surface area contributed by atoms with E-state index < -0.39 is 0 Å². The third-order valence-corrected chi connectivity index (χ3v) is 4.91. The standard InChI is InChI=1S/C19H26N4O3/c1-19(2,3)15-6-7-20-18(23-15)22-14-11-26-16-13(10-25-17(14)16)21-9-12-5-4-8-24-12/h4-8,13-14,16-17,21H,9-11H2,1-3H3,(H,20,22,23)/t13-,14+,16-,17+/m0/s1. The number of fused-ring (bicyclic) bond motifs is 1. The largest absolute Gasteiger partial charge is 0.468 e. The lowest BCUT2D eigenvalue weighted by atomic mass is 9.92. The SMILES string of the molecule is CC(C)(C)c1ccnc(N[C@@H]2CO[C@@H]3[C@@H]2OC[C@@H]3NCc2ccco2)n1. The summed E-state index contributed by atoms with van der Waals surface area (Å²) in [7, 11) is 0. The summed E-state index contributed by atoms with van der Waals surface area (Å²) in [6.07, 6.45) is 3.49. The number of rotatable bonds is 5. The second-order valence-corrected chi connectivity index (χ2v) is 7.93. The molecule has 7 heteroatoms. The van der Waals surface area contributed by atoms with E-state index in [0.29, 0.717) is 25.7 Å². The highest BCUT2D eigenvalue weighted by atomic mass is 16.6. The van der Waals surface area contributed by atoms with E-state index in [1.54, 1.807) is 12.5 Å². The zero-order valence-electron chi connectivity index (χ0n) is 15.4. The lowest BCUT2D eigenvalue weighted by molar-refractivity contribution is 0.0673. The molecular weight excluding hydrogens is 332 g/mol. The molecule has 0 unspecified atom stereocenters. The Balaban J connectivity index is 1.37. The molecule has 0 aromatic carbocycles. The number of ether oxygens (including phenoxy) is 2. The smallest absolute Gasteiger partial charge is 0.223 e. The maximum Gasteiger partial charge on any atom is 0.223 e. The third kappa shape index (κ3) is 3.60. The van der Waals surface area contributed by atoms with Crippen LogP contribution in [0.4, 0.5) is 5.95 Å². The van der Waals surface area contributed by atoms with E-state index in [0.717, 1.165) is 11.5 Å². The first-order valence-corrected chi connectivity index (χ1v) is 9.10. The quantitative estimate of drug-likeness (QED) is 0.847. The van der Waals surface area contributed by atoms with E-state index in [4.69, 9.17) is 13.9 Å². The van der Waals surface area contributed by atoms with Crippen molar-refractivity contribution in [2.24, 2.45) is 0 Å². The maximum absolute atomic E-state index is 6.01. The Bertz CT molecular complexity index is 729. The Hall–Kier alpha value is -1.96. The van der Waals surface area contributed by atoms with Crippen LogP contribution >= 0.6 is 0 Å². The van der Waals surface area contributed by atoms with Gasteiger partial charge >= 0.3 is 0 Å². The summed E-state index contributed by atoms with van der Waals surface area (Å²) in [5, 5.41) is 6.86. The van der Waals surface area contributed by atoms with Gasteiger partial charge in [0.2, 0.25) is 5.95 Å². The zero-order valence-corrected chi connectivity index (χ0v) is 15.4. The van der Waals surface area contributed by atoms with E-state index in [2.05, 4.69) is 41.4 Å². The van der Waals surface area contributed by atoms with Crippen LogP contribution in [-0.4, -0.2) is 47.5 Å². The van der Waals surface area contributed by atoms with Crippen molar-refractivity contribution in [2.45, 2.75) is 57.0 Å². The van der Waals surface area contributed by atoms with E-state index >= 15 is 0 Å². The van der Waals surface area contributed by atoms with Crippen LogP contribution in [0.25, 0.3) is 0 Å². The van der Waals surface area contributed by atoms with Crippen LogP contribution in [0.15, 0.2) is 35.1 Å². The van der Waals surface area contributed by atoms with Crippen LogP contribution in [0.2, 0.25) is 0 Å². The van der Waals surface area contributed by atoms with E-state index in [1.165, 1.54) is 0 Å². The molecule has 0 spiro atoms. The molecule has 0 bridgehead atoms. The minimum absolute atomic E-state index is 0.00834. The average molecular weight is 358 g/mol. The summed E-state index contributed by atoms with van der Waals surface area (Å²) < 4.78 is 17.4. The van der Waals surface area contributed by atoms with Crippen LogP contribution in [0, 0.1) is 0 Å². The van der Waals surface area contributed by atoms with Crippen LogP contribution in [0.5, 0.6) is 0 Å². The number of hydrogen-bond donors (Lipinski definition) is 2. The molecule has 2 aromatic rings. The van der Waals surface area contributed by atoms with E-state index in [9.17, 15) is 0 Å². The third-order valence-electron chi connectivity index (χ3n) is 4.91. The number of anilines is 1. The van der Waals surface area contributed by atoms with Crippen molar-refractivity contribution in [1.29, 1.82) is 0 Å². The van der Waals surface area contributed by atoms with Crippen molar-refractivity contribution in [3.63, 3.8) is 0 Å². The Morgan fingerprint density at radius 1 is 1.12 bits per heavy atom. The maximum atomic E-state index is 6.01. The molecule has 0 aliphatic carbocycles. The summed E-state index contributed by atoms with van der Waals surface area (Å²) >= 11 is 0. The predicted molar refractivity (Wildman–Crippen MR) is 97.0 cm³/mol. The Morgan fingerprint density at radius 2 is 1.88 bits per heavy atom. The zero-order chi connectivity index (χ0) is 18.1. The number of nitrogens with zero attached hydrogens (tertiary/aromatic N) is 2. The van der Waals surface area contributed by atoms with Gasteiger partial charge in [0.25, 0.3) is 0 Å². The van der Waals surface area contributed by atoms with Gasteiger partial charge in [-0.3, -0.25) is 0 Å². The van der Waals surface area contributed by atoms with Gasteiger partial charge in [0.15, 0.2) is 0 Å². The van der Waals surface area contributed by atoms with Gasteiger partial charge in [-0.25, -0.2) is 9.97 Å². The van der Waals surface area contributed by atoms with Crippen molar-refractivity contribution in [3.05, 3.63) is 42.1 Å². The average Bonchev–Trinajstić information content (AvgIpc) is 3.32. The first-order valence-electron chi connectivity index (χ1n) is 9.10. The number of nitrogens with one attached hydrogen (secondary N) is 2. The summed E-state index contributed by atoms with van der Waals surface area (Å²) in [5.74, 6) is 1.54. The molecule has 4 atom stereocenters. The van der Waals surface area contributed by atoms with Crippen molar-refractivity contribution >= 4 is 5.95 Å². The Morgan fingerprint density at radius 3 is 2.62 bits per heavy atom. The highest BCUT2D eigenvalue weighted by molar-refractivity contribution is 5.30. The molecule has 4 heterocycles. The van der Waals surface area contributed by atoms with E-state index in [1.807, 2.05) is 18.2 Å². The predicted octanol–water partition coefficient (Wildman–Crippen LogP) is 2.10. The molecule has 7 nitrogen and oxygen atoms in total. The normalized spacial score (nSPS) is 28.3. The summed E-state index contributed by atoms with van der Waals surface area (Å²) in [5.41, 5.74) is 0.995. The Labute approximate surface area is 153 Å². The molecule has 0 radical (unpaired) electrons. The molecule has 4 rings (SSSR count). The van der Waals surface area contributed by atoms with Crippen molar-refractivity contribution in [3.8, 4) is 0 Å². The van der Waals surface area contributed by atoms with Crippen molar-refractivity contribution < 1.29 is 13.9 Å². The second-order valence-electron chi connectivity index (χ2n) is 7.93. The molecule has 140 valence electrons. The second kappa shape index (κ2) is 6.98. The molecule has 26 heavy (non-hydrogen) atoms. The molecule has 2 aliphatic heterocycles. The summed E-state index contributed by atoms with van der Waals surface area (Å²) in [6, 6.07) is 6.01. The number of hydrogen-bond acceptors (Lipinski definition) is 7. The first-order chi connectivity index (χ1) is 12.5. The van der Waals surface area contributed by atoms with Gasteiger partial charge in [0.05, 0.1) is 43.8 Å². The summed E-state index contributed by atoms with van der Waals surface area (Å²) in [4.78, 5) is 9.01. The Kier molecular flexibility index (Phi) is 4.69. The molecule has 2 aromatic heterocycles. The fourth-order valence-electron chi connectivity index (χ4n) is 3.45. The molecule has 0 saturated carbocycles. The minimum Gasteiger partial charge on any atom is -0.468 e. The van der Waals surface area contributed by atoms with Crippen molar-refractivity contribution in [1.82, 2.24) is 15.3 Å². The monoisotopic (exact) mass is 358 g/mol. The lowest BCUT2D eigenvalue weighted by Gasteiger charge is -2.21. The van der Waals surface area contributed by atoms with Gasteiger partial charge < -0.3 is 24.5 Å². The highest BCUT2D eigenvalue weighted by Crippen LogP contribution is 2.29. The number of aromatic nitrogens is 2. The van der Waals surface area contributed by atoms with Crippen molar-refractivity contribution in [2.75, 3.05) is 18.5 Å². The van der Waals surface area contributed by atoms with Crippen LogP contribution < -0.4 is 10.6 Å². The van der Waals surface area contributed by atoms with Crippen LogP contribution in [-0.2, 0) is 21.4 Å². The molecule has 2 saturated heterocycles. The first kappa shape index (κ1) is 17.5. The molecular formula is C19H26N4O3. The minimum atomic E-state index is -0.0151. The van der Waals surface area contributed by atoms with Gasteiger partial charge in [-0.1, -0.05) is 20.8 Å². The fraction of sp³-hybridized carbons (Fsp3) is 0.579. The van der Waals surface area contributed by atoms with Gasteiger partial charge in [-0.2, -0.15) is 0 Å². The van der Waals surface area contributed by atoms with Gasteiger partial charge in [-0.15, -0.1) is 0 Å². The van der Waals surface area contributed by atoms with E-state index in [-0.39, 0.29) is 29.7 Å².